The number of rotatable bonds is 4. The first-order valence-electron chi connectivity index (χ1n) is 9.12. The Labute approximate surface area is 138 Å². The molecule has 4 nitrogen and oxygen atoms in total. The van der Waals surface area contributed by atoms with Crippen LogP contribution >= 0.6 is 0 Å². The summed E-state index contributed by atoms with van der Waals surface area (Å²) in [6, 6.07) is 3.56. The lowest BCUT2D eigenvalue weighted by Crippen LogP contribution is -2.31. The zero-order chi connectivity index (χ0) is 15.9. The lowest BCUT2D eigenvalue weighted by atomic mass is 9.76. The molecule has 0 unspecified atom stereocenters. The van der Waals surface area contributed by atoms with Crippen molar-refractivity contribution in [3.63, 3.8) is 0 Å². The Bertz CT molecular complexity index is 509. The van der Waals surface area contributed by atoms with Gasteiger partial charge in [0, 0.05) is 18.1 Å². The molecule has 0 aliphatic heterocycles. The molecule has 23 heavy (non-hydrogen) atoms. The third-order valence-corrected chi connectivity index (χ3v) is 5.26. The third-order valence-electron chi connectivity index (χ3n) is 5.26. The molecule has 1 N–H and O–H groups in total. The minimum atomic E-state index is -0.151. The highest BCUT2D eigenvalue weighted by Gasteiger charge is 2.27. The standard InChI is InChI=1S/C19H27N3O/c23-19(17-12-7-13-20-14-17)22-21-18(15-8-3-1-4-9-15)16-10-5-2-6-11-16/h7,12-16H,1-6,8-11H2,(H,22,23). The second-order valence-corrected chi connectivity index (χ2v) is 6.89. The lowest BCUT2D eigenvalue weighted by molar-refractivity contribution is 0.0953. The molecule has 3 rings (SSSR count). The molecule has 0 atom stereocenters. The Hall–Kier alpha value is -1.71. The van der Waals surface area contributed by atoms with Gasteiger partial charge in [0.2, 0.25) is 0 Å². The first-order valence-corrected chi connectivity index (χ1v) is 9.12. The van der Waals surface area contributed by atoms with Crippen LogP contribution in [0, 0.1) is 11.8 Å². The number of carbonyl (C=O) groups is 1. The maximum Gasteiger partial charge on any atom is 0.272 e. The van der Waals surface area contributed by atoms with E-state index >= 15 is 0 Å². The largest absolute Gasteiger partial charge is 0.272 e. The molecule has 0 aromatic carbocycles. The lowest BCUT2D eigenvalue weighted by Gasteiger charge is -2.30. The van der Waals surface area contributed by atoms with E-state index in [-0.39, 0.29) is 5.91 Å². The number of carbonyl (C=O) groups excluding carboxylic acids is 1. The van der Waals surface area contributed by atoms with Crippen LogP contribution in [0.2, 0.25) is 0 Å². The van der Waals surface area contributed by atoms with Crippen LogP contribution in [0.5, 0.6) is 0 Å². The number of hydrazone groups is 1. The molecule has 0 bridgehead atoms. The minimum absolute atomic E-state index is 0.151. The predicted octanol–water partition coefficient (Wildman–Crippen LogP) is 4.33. The maximum atomic E-state index is 12.3. The van der Waals surface area contributed by atoms with Gasteiger partial charge in [0.25, 0.3) is 5.91 Å². The molecular weight excluding hydrogens is 286 g/mol. The normalized spacial score (nSPS) is 20.0. The van der Waals surface area contributed by atoms with Crippen LogP contribution in [0.4, 0.5) is 0 Å². The van der Waals surface area contributed by atoms with E-state index in [1.165, 1.54) is 69.9 Å². The minimum Gasteiger partial charge on any atom is -0.267 e. The van der Waals surface area contributed by atoms with Crippen molar-refractivity contribution in [2.45, 2.75) is 64.2 Å². The summed E-state index contributed by atoms with van der Waals surface area (Å²) in [5, 5.41) is 4.64. The van der Waals surface area contributed by atoms with Gasteiger partial charge in [-0.3, -0.25) is 9.78 Å². The van der Waals surface area contributed by atoms with Crippen molar-refractivity contribution in [3.05, 3.63) is 30.1 Å². The van der Waals surface area contributed by atoms with Gasteiger partial charge in [-0.05, 0) is 49.7 Å². The van der Waals surface area contributed by atoms with Crippen LogP contribution in [0.3, 0.4) is 0 Å². The summed E-state index contributed by atoms with van der Waals surface area (Å²) in [4.78, 5) is 16.3. The Morgan fingerprint density at radius 3 is 2.13 bits per heavy atom. The number of amides is 1. The number of nitrogens with zero attached hydrogens (tertiary/aromatic N) is 2. The Morgan fingerprint density at radius 1 is 1.00 bits per heavy atom. The highest BCUT2D eigenvalue weighted by molar-refractivity contribution is 5.96. The molecule has 2 aliphatic carbocycles. The first kappa shape index (κ1) is 16.2. The average Bonchev–Trinajstić information content (AvgIpc) is 2.64. The van der Waals surface area contributed by atoms with E-state index in [0.29, 0.717) is 17.4 Å². The summed E-state index contributed by atoms with van der Waals surface area (Å²) in [5.74, 6) is 0.990. The van der Waals surface area contributed by atoms with E-state index in [1.54, 1.807) is 24.5 Å². The topological polar surface area (TPSA) is 54.4 Å². The Morgan fingerprint density at radius 2 is 1.61 bits per heavy atom. The van der Waals surface area contributed by atoms with E-state index in [0.717, 1.165) is 0 Å². The average molecular weight is 313 g/mol. The number of aromatic nitrogens is 1. The predicted molar refractivity (Wildman–Crippen MR) is 92.3 cm³/mol. The monoisotopic (exact) mass is 313 g/mol. The van der Waals surface area contributed by atoms with Gasteiger partial charge in [-0.2, -0.15) is 5.10 Å². The van der Waals surface area contributed by atoms with Crippen molar-refractivity contribution in [1.82, 2.24) is 10.4 Å². The number of pyridine rings is 1. The zero-order valence-corrected chi connectivity index (χ0v) is 13.8. The van der Waals surface area contributed by atoms with Crippen molar-refractivity contribution in [2.24, 2.45) is 16.9 Å². The van der Waals surface area contributed by atoms with Crippen LogP contribution in [0.1, 0.15) is 74.6 Å². The second kappa shape index (κ2) is 8.23. The van der Waals surface area contributed by atoms with E-state index in [9.17, 15) is 4.79 Å². The molecule has 1 amide bonds. The maximum absolute atomic E-state index is 12.3. The molecule has 2 saturated carbocycles. The fourth-order valence-electron chi connectivity index (χ4n) is 3.99. The van der Waals surface area contributed by atoms with Gasteiger partial charge in [0.1, 0.15) is 0 Å². The van der Waals surface area contributed by atoms with Gasteiger partial charge >= 0.3 is 0 Å². The van der Waals surface area contributed by atoms with Crippen LogP contribution in [-0.4, -0.2) is 16.6 Å². The number of nitrogens with one attached hydrogen (secondary N) is 1. The van der Waals surface area contributed by atoms with Gasteiger partial charge in [0.05, 0.1) is 5.56 Å². The molecule has 4 heteroatoms. The molecule has 124 valence electrons. The molecule has 0 saturated heterocycles. The van der Waals surface area contributed by atoms with Crippen molar-refractivity contribution in [3.8, 4) is 0 Å². The summed E-state index contributed by atoms with van der Waals surface area (Å²) in [5.41, 5.74) is 4.64. The second-order valence-electron chi connectivity index (χ2n) is 6.89. The van der Waals surface area contributed by atoms with E-state index < -0.39 is 0 Å². The number of hydrogen-bond acceptors (Lipinski definition) is 3. The molecule has 2 aliphatic rings. The molecule has 0 radical (unpaired) electrons. The van der Waals surface area contributed by atoms with Crippen molar-refractivity contribution < 1.29 is 4.79 Å². The van der Waals surface area contributed by atoms with Crippen LogP contribution in [0.15, 0.2) is 29.6 Å². The molecule has 1 aromatic rings. The summed E-state index contributed by atoms with van der Waals surface area (Å²) in [6.45, 7) is 0. The van der Waals surface area contributed by atoms with E-state index in [2.05, 4.69) is 15.5 Å². The van der Waals surface area contributed by atoms with Gasteiger partial charge in [-0.15, -0.1) is 0 Å². The Kier molecular flexibility index (Phi) is 5.78. The van der Waals surface area contributed by atoms with Gasteiger partial charge in [-0.25, -0.2) is 5.43 Å². The molecular formula is C19H27N3O. The highest BCUT2D eigenvalue weighted by Crippen LogP contribution is 2.33. The van der Waals surface area contributed by atoms with E-state index in [4.69, 9.17) is 0 Å². The summed E-state index contributed by atoms with van der Waals surface area (Å²) >= 11 is 0. The zero-order valence-electron chi connectivity index (χ0n) is 13.8. The van der Waals surface area contributed by atoms with Crippen LogP contribution in [0.25, 0.3) is 0 Å². The van der Waals surface area contributed by atoms with Crippen molar-refractivity contribution in [1.29, 1.82) is 0 Å². The first-order chi connectivity index (χ1) is 11.3. The van der Waals surface area contributed by atoms with Crippen molar-refractivity contribution in [2.75, 3.05) is 0 Å². The van der Waals surface area contributed by atoms with E-state index in [1.807, 2.05) is 0 Å². The summed E-state index contributed by atoms with van der Waals surface area (Å²) in [6.07, 6.45) is 16.1. The molecule has 2 fully saturated rings. The van der Waals surface area contributed by atoms with Gasteiger partial charge < -0.3 is 0 Å². The fraction of sp³-hybridized carbons (Fsp3) is 0.632. The SMILES string of the molecule is O=C(NN=C(C1CCCCC1)C1CCCCC1)c1cccnc1. The molecule has 1 aromatic heterocycles. The van der Waals surface area contributed by atoms with Gasteiger partial charge in [0.15, 0.2) is 0 Å². The highest BCUT2D eigenvalue weighted by atomic mass is 16.2. The summed E-state index contributed by atoms with van der Waals surface area (Å²) < 4.78 is 0. The van der Waals surface area contributed by atoms with Crippen LogP contribution < -0.4 is 5.43 Å². The quantitative estimate of drug-likeness (QED) is 0.664. The number of hydrogen-bond donors (Lipinski definition) is 1. The fourth-order valence-corrected chi connectivity index (χ4v) is 3.99. The van der Waals surface area contributed by atoms with Crippen molar-refractivity contribution >= 4 is 11.6 Å². The Balaban J connectivity index is 1.72. The van der Waals surface area contributed by atoms with Gasteiger partial charge in [-0.1, -0.05) is 38.5 Å². The third kappa shape index (κ3) is 4.40. The molecule has 0 spiro atoms. The molecule has 1 heterocycles. The smallest absolute Gasteiger partial charge is 0.267 e. The summed E-state index contributed by atoms with van der Waals surface area (Å²) in [7, 11) is 0. The van der Waals surface area contributed by atoms with Crippen LogP contribution in [-0.2, 0) is 0 Å².